The maximum atomic E-state index is 13.5. The molecule has 2 N–H and O–H groups in total. The number of carbonyl (C=O) groups excluding carboxylic acids is 1. The largest absolute Gasteiger partial charge is 0.467 e. The Hall–Kier alpha value is -3.06. The van der Waals surface area contributed by atoms with E-state index >= 15 is 0 Å². The van der Waals surface area contributed by atoms with Crippen LogP contribution < -0.4 is 5.73 Å². The molecule has 1 unspecified atom stereocenters. The van der Waals surface area contributed by atoms with E-state index in [0.717, 1.165) is 5.56 Å². The van der Waals surface area contributed by atoms with Gasteiger partial charge in [-0.2, -0.15) is 0 Å². The fraction of sp³-hybridized carbons (Fsp3) is 0.100. The average Bonchev–Trinajstić information content (AvgIpc) is 3.26. The minimum absolute atomic E-state index is 0.101. The van der Waals surface area contributed by atoms with Gasteiger partial charge in [0.15, 0.2) is 5.17 Å². The van der Waals surface area contributed by atoms with Gasteiger partial charge in [0.1, 0.15) is 16.8 Å². The summed E-state index contributed by atoms with van der Waals surface area (Å²) in [7, 11) is 0. The number of anilines is 1. The summed E-state index contributed by atoms with van der Waals surface area (Å²) >= 11 is 1.33. The number of hydrogen-bond acceptors (Lipinski definition) is 5. The van der Waals surface area contributed by atoms with Crippen LogP contribution in [0.15, 0.2) is 76.3 Å². The van der Waals surface area contributed by atoms with Gasteiger partial charge >= 0.3 is 0 Å². The zero-order valence-electron chi connectivity index (χ0n) is 14.2. The molecule has 4 rings (SSSR count). The lowest BCUT2D eigenvalue weighted by molar-refractivity contribution is -0.126. The van der Waals surface area contributed by atoms with Crippen molar-refractivity contribution in [3.63, 3.8) is 0 Å². The Morgan fingerprint density at radius 2 is 1.96 bits per heavy atom. The van der Waals surface area contributed by atoms with Crippen molar-refractivity contribution in [2.24, 2.45) is 4.99 Å². The number of furan rings is 1. The van der Waals surface area contributed by atoms with Crippen LogP contribution in [-0.2, 0) is 11.3 Å². The molecule has 2 heterocycles. The second kappa shape index (κ2) is 7.28. The summed E-state index contributed by atoms with van der Waals surface area (Å²) in [4.78, 5) is 19.1. The topological polar surface area (TPSA) is 71.8 Å². The van der Waals surface area contributed by atoms with E-state index in [1.807, 2.05) is 12.1 Å². The number of amides is 1. The SMILES string of the molecule is Nc1ccc(C2SC(=Nc3cccc(F)c3)N(Cc3ccco3)C2=O)cc1. The second-order valence-corrected chi connectivity index (χ2v) is 7.11. The van der Waals surface area contributed by atoms with Crippen LogP contribution in [0.25, 0.3) is 0 Å². The van der Waals surface area contributed by atoms with Crippen molar-refractivity contribution in [1.29, 1.82) is 0 Å². The number of rotatable bonds is 4. The van der Waals surface area contributed by atoms with Crippen molar-refractivity contribution >= 4 is 34.2 Å². The van der Waals surface area contributed by atoms with Gasteiger partial charge in [0.05, 0.1) is 18.5 Å². The van der Waals surface area contributed by atoms with E-state index < -0.39 is 5.25 Å². The molecule has 7 heteroatoms. The second-order valence-electron chi connectivity index (χ2n) is 6.04. The van der Waals surface area contributed by atoms with E-state index in [2.05, 4.69) is 4.99 Å². The van der Waals surface area contributed by atoms with E-state index in [1.165, 1.54) is 23.9 Å². The molecule has 2 aromatic carbocycles. The zero-order valence-corrected chi connectivity index (χ0v) is 15.0. The number of nitrogens with two attached hydrogens (primary N) is 1. The number of amidine groups is 1. The third kappa shape index (κ3) is 3.73. The molecule has 1 amide bonds. The van der Waals surface area contributed by atoms with Gasteiger partial charge in [-0.05, 0) is 48.0 Å². The molecule has 0 spiro atoms. The summed E-state index contributed by atoms with van der Waals surface area (Å²) in [6.07, 6.45) is 1.56. The van der Waals surface area contributed by atoms with E-state index in [9.17, 15) is 9.18 Å². The summed E-state index contributed by atoms with van der Waals surface area (Å²) in [6.45, 7) is 0.262. The average molecular weight is 381 g/mol. The summed E-state index contributed by atoms with van der Waals surface area (Å²) in [5, 5.41) is 0.0664. The minimum Gasteiger partial charge on any atom is -0.467 e. The first-order chi connectivity index (χ1) is 13.1. The number of nitrogen functional groups attached to an aromatic ring is 1. The molecule has 1 aliphatic heterocycles. The first-order valence-corrected chi connectivity index (χ1v) is 9.18. The van der Waals surface area contributed by atoms with Gasteiger partial charge in [-0.1, -0.05) is 30.0 Å². The minimum atomic E-state index is -0.437. The molecule has 1 saturated heterocycles. The van der Waals surface area contributed by atoms with Crippen molar-refractivity contribution in [1.82, 2.24) is 4.90 Å². The highest BCUT2D eigenvalue weighted by Crippen LogP contribution is 2.41. The monoisotopic (exact) mass is 381 g/mol. The number of thioether (sulfide) groups is 1. The van der Waals surface area contributed by atoms with Crippen LogP contribution in [0.3, 0.4) is 0 Å². The molecule has 1 fully saturated rings. The van der Waals surface area contributed by atoms with Gasteiger partial charge < -0.3 is 10.2 Å². The highest BCUT2D eigenvalue weighted by atomic mass is 32.2. The fourth-order valence-corrected chi connectivity index (χ4v) is 3.96. The summed E-state index contributed by atoms with van der Waals surface area (Å²) < 4.78 is 18.9. The lowest BCUT2D eigenvalue weighted by Crippen LogP contribution is -2.29. The van der Waals surface area contributed by atoms with Crippen molar-refractivity contribution in [3.8, 4) is 0 Å². The fourth-order valence-electron chi connectivity index (χ4n) is 2.78. The van der Waals surface area contributed by atoms with Gasteiger partial charge in [-0.3, -0.25) is 9.69 Å². The van der Waals surface area contributed by atoms with Crippen LogP contribution in [0.2, 0.25) is 0 Å². The number of aliphatic imine (C=N–C) groups is 1. The lowest BCUT2D eigenvalue weighted by atomic mass is 10.1. The van der Waals surface area contributed by atoms with E-state index in [0.29, 0.717) is 22.3 Å². The molecule has 27 heavy (non-hydrogen) atoms. The molecule has 1 aliphatic rings. The number of benzene rings is 2. The number of halogens is 1. The van der Waals surface area contributed by atoms with E-state index in [1.54, 1.807) is 47.6 Å². The number of carbonyl (C=O) groups is 1. The molecule has 3 aromatic rings. The quantitative estimate of drug-likeness (QED) is 0.675. The van der Waals surface area contributed by atoms with Crippen molar-refractivity contribution < 1.29 is 13.6 Å². The molecule has 5 nitrogen and oxygen atoms in total. The van der Waals surface area contributed by atoms with Gasteiger partial charge in [-0.15, -0.1) is 0 Å². The number of nitrogens with zero attached hydrogens (tertiary/aromatic N) is 2. The van der Waals surface area contributed by atoms with Gasteiger partial charge in [0.2, 0.25) is 5.91 Å². The van der Waals surface area contributed by atoms with Gasteiger partial charge in [0.25, 0.3) is 0 Å². The molecule has 1 aromatic heterocycles. The molecule has 0 radical (unpaired) electrons. The third-order valence-corrected chi connectivity index (χ3v) is 5.34. The van der Waals surface area contributed by atoms with Crippen molar-refractivity contribution in [2.75, 3.05) is 5.73 Å². The summed E-state index contributed by atoms with van der Waals surface area (Å²) in [6, 6.07) is 16.7. The molecule has 1 atom stereocenters. The predicted molar refractivity (Wildman–Crippen MR) is 104 cm³/mol. The summed E-state index contributed by atoms with van der Waals surface area (Å²) in [5.41, 5.74) is 7.67. The van der Waals surface area contributed by atoms with Crippen molar-refractivity contribution in [2.45, 2.75) is 11.8 Å². The van der Waals surface area contributed by atoms with Crippen molar-refractivity contribution in [3.05, 3.63) is 84.1 Å². The Morgan fingerprint density at radius 1 is 1.15 bits per heavy atom. The van der Waals surface area contributed by atoms with Crippen LogP contribution in [-0.4, -0.2) is 16.0 Å². The standard InChI is InChI=1S/C20H16FN3O2S/c21-14-3-1-4-16(11-14)23-20-24(12-17-5-2-10-26-17)19(25)18(27-20)13-6-8-15(22)9-7-13/h1-11,18H,12,22H2. The predicted octanol–water partition coefficient (Wildman–Crippen LogP) is 4.51. The normalized spacial score (nSPS) is 18.4. The first-order valence-electron chi connectivity index (χ1n) is 8.30. The van der Waals surface area contributed by atoms with Gasteiger partial charge in [0, 0.05) is 5.69 Å². The van der Waals surface area contributed by atoms with E-state index in [4.69, 9.17) is 10.2 Å². The van der Waals surface area contributed by atoms with Crippen LogP contribution in [0.4, 0.5) is 15.8 Å². The highest BCUT2D eigenvalue weighted by molar-refractivity contribution is 8.15. The third-order valence-electron chi connectivity index (χ3n) is 4.11. The molecule has 0 aliphatic carbocycles. The Morgan fingerprint density at radius 3 is 2.67 bits per heavy atom. The summed E-state index contributed by atoms with van der Waals surface area (Å²) in [5.74, 6) is 0.170. The molecular formula is C20H16FN3O2S. The van der Waals surface area contributed by atoms with Gasteiger partial charge in [-0.25, -0.2) is 9.38 Å². The molecule has 136 valence electrons. The van der Waals surface area contributed by atoms with Crippen LogP contribution in [0.1, 0.15) is 16.6 Å². The first kappa shape index (κ1) is 17.4. The Labute approximate surface area is 159 Å². The highest BCUT2D eigenvalue weighted by Gasteiger charge is 2.39. The molecule has 0 bridgehead atoms. The lowest BCUT2D eigenvalue weighted by Gasteiger charge is -2.15. The van der Waals surface area contributed by atoms with Crippen LogP contribution >= 0.6 is 11.8 Å². The number of hydrogen-bond donors (Lipinski definition) is 1. The Kier molecular flexibility index (Phi) is 4.68. The van der Waals surface area contributed by atoms with E-state index in [-0.39, 0.29) is 18.3 Å². The van der Waals surface area contributed by atoms with Crippen LogP contribution in [0.5, 0.6) is 0 Å². The zero-order chi connectivity index (χ0) is 18.8. The maximum absolute atomic E-state index is 13.5. The van der Waals surface area contributed by atoms with Crippen LogP contribution in [0, 0.1) is 5.82 Å². The molecule has 0 saturated carbocycles. The molecular weight excluding hydrogens is 365 g/mol. The smallest absolute Gasteiger partial charge is 0.247 e. The Balaban J connectivity index is 1.70. The maximum Gasteiger partial charge on any atom is 0.247 e. The Bertz CT molecular complexity index is 987.